The van der Waals surface area contributed by atoms with Crippen LogP contribution in [0.1, 0.15) is 23.3 Å². The maximum Gasteiger partial charge on any atom is 0.277 e. The lowest BCUT2D eigenvalue weighted by atomic mass is 10.3. The number of amides is 1. The average molecular weight is 397 g/mol. The molecule has 144 valence electrons. The van der Waals surface area contributed by atoms with Crippen LogP contribution in [0.2, 0.25) is 0 Å². The molecule has 0 atom stereocenters. The fraction of sp³-hybridized carbons (Fsp3) is 0.211. The second-order valence-electron chi connectivity index (χ2n) is 6.44. The number of nitrogens with zero attached hydrogens (tertiary/aromatic N) is 4. The number of carbonyl (C=O) groups excluding carboxylic acids is 1. The molecule has 2 aromatic carbocycles. The summed E-state index contributed by atoms with van der Waals surface area (Å²) in [7, 11) is -3.47. The maximum absolute atomic E-state index is 12.5. The van der Waals surface area contributed by atoms with Crippen LogP contribution in [-0.2, 0) is 10.0 Å². The molecule has 1 amide bonds. The summed E-state index contributed by atoms with van der Waals surface area (Å²) in [6, 6.07) is 15.4. The molecule has 0 unspecified atom stereocenters. The largest absolute Gasteiger partial charge is 0.321 e. The molecule has 1 aromatic heterocycles. The summed E-state index contributed by atoms with van der Waals surface area (Å²) in [6.07, 6.45) is 3.16. The first-order valence-electron chi connectivity index (χ1n) is 8.93. The van der Waals surface area contributed by atoms with Crippen LogP contribution in [-0.4, -0.2) is 46.7 Å². The first-order valence-corrected chi connectivity index (χ1v) is 10.4. The number of anilines is 1. The predicted octanol–water partition coefficient (Wildman–Crippen LogP) is 2.30. The second kappa shape index (κ2) is 7.53. The number of hydrogen-bond donors (Lipinski definition) is 1. The van der Waals surface area contributed by atoms with Crippen molar-refractivity contribution < 1.29 is 13.2 Å². The van der Waals surface area contributed by atoms with Crippen LogP contribution < -0.4 is 5.32 Å². The minimum Gasteiger partial charge on any atom is -0.321 e. The summed E-state index contributed by atoms with van der Waals surface area (Å²) >= 11 is 0. The molecule has 1 aliphatic rings. The predicted molar refractivity (Wildman–Crippen MR) is 104 cm³/mol. The van der Waals surface area contributed by atoms with E-state index in [4.69, 9.17) is 0 Å². The lowest BCUT2D eigenvalue weighted by Crippen LogP contribution is -2.27. The third-order valence-corrected chi connectivity index (χ3v) is 6.44. The topological polar surface area (TPSA) is 97.2 Å². The molecule has 8 nitrogen and oxygen atoms in total. The van der Waals surface area contributed by atoms with Gasteiger partial charge in [-0.2, -0.15) is 14.2 Å². The number of para-hydroxylation sites is 1. The minimum absolute atomic E-state index is 0.164. The van der Waals surface area contributed by atoms with Crippen LogP contribution >= 0.6 is 0 Å². The molecule has 2 heterocycles. The Morgan fingerprint density at radius 1 is 0.964 bits per heavy atom. The van der Waals surface area contributed by atoms with Crippen LogP contribution in [0.25, 0.3) is 5.69 Å². The Bertz CT molecular complexity index is 1070. The molecule has 1 aliphatic heterocycles. The van der Waals surface area contributed by atoms with E-state index in [-0.39, 0.29) is 10.6 Å². The highest BCUT2D eigenvalue weighted by Crippen LogP contribution is 2.22. The van der Waals surface area contributed by atoms with Crippen molar-refractivity contribution in [3.63, 3.8) is 0 Å². The van der Waals surface area contributed by atoms with Gasteiger partial charge in [-0.3, -0.25) is 4.79 Å². The maximum atomic E-state index is 12.5. The van der Waals surface area contributed by atoms with Crippen LogP contribution in [0.4, 0.5) is 5.69 Å². The zero-order chi connectivity index (χ0) is 19.6. The van der Waals surface area contributed by atoms with Crippen LogP contribution in [0.15, 0.2) is 65.7 Å². The molecule has 0 bridgehead atoms. The van der Waals surface area contributed by atoms with Crippen molar-refractivity contribution in [1.82, 2.24) is 19.3 Å². The molecular weight excluding hydrogens is 378 g/mol. The summed E-state index contributed by atoms with van der Waals surface area (Å²) in [5.74, 6) is -0.419. The Labute approximate surface area is 162 Å². The second-order valence-corrected chi connectivity index (χ2v) is 8.38. The number of aromatic nitrogens is 3. The number of carbonyl (C=O) groups is 1. The number of benzene rings is 2. The van der Waals surface area contributed by atoms with Crippen LogP contribution in [0.5, 0.6) is 0 Å². The van der Waals surface area contributed by atoms with Crippen LogP contribution in [0, 0.1) is 0 Å². The van der Waals surface area contributed by atoms with E-state index in [9.17, 15) is 13.2 Å². The standard InChI is InChI=1S/C19H19N5O3S/c25-19(18-14-20-24(22-18)16-6-2-1-3-7-16)21-15-8-10-17(11-9-15)28(26,27)23-12-4-5-13-23/h1-3,6-11,14H,4-5,12-13H2,(H,21,25). The summed E-state index contributed by atoms with van der Waals surface area (Å²) < 4.78 is 26.6. The van der Waals surface area contributed by atoms with Crippen molar-refractivity contribution in [1.29, 1.82) is 0 Å². The van der Waals surface area contributed by atoms with Gasteiger partial charge < -0.3 is 5.32 Å². The molecule has 0 spiro atoms. The van der Waals surface area contributed by atoms with Crippen molar-refractivity contribution in [3.05, 3.63) is 66.5 Å². The van der Waals surface area contributed by atoms with E-state index < -0.39 is 15.9 Å². The monoisotopic (exact) mass is 397 g/mol. The van der Waals surface area contributed by atoms with Gasteiger partial charge in [0.25, 0.3) is 5.91 Å². The highest BCUT2D eigenvalue weighted by atomic mass is 32.2. The van der Waals surface area contributed by atoms with E-state index in [1.54, 1.807) is 12.1 Å². The Morgan fingerprint density at radius 2 is 1.64 bits per heavy atom. The molecule has 4 rings (SSSR count). The average Bonchev–Trinajstić information content (AvgIpc) is 3.42. The molecular formula is C19H19N5O3S. The summed E-state index contributed by atoms with van der Waals surface area (Å²) in [4.78, 5) is 14.0. The van der Waals surface area contributed by atoms with E-state index in [1.807, 2.05) is 30.3 Å². The van der Waals surface area contributed by atoms with Crippen molar-refractivity contribution >= 4 is 21.6 Å². The van der Waals surface area contributed by atoms with Gasteiger partial charge in [0.2, 0.25) is 10.0 Å². The highest BCUT2D eigenvalue weighted by Gasteiger charge is 2.27. The fourth-order valence-electron chi connectivity index (χ4n) is 3.04. The number of rotatable bonds is 5. The smallest absolute Gasteiger partial charge is 0.277 e. The molecule has 1 saturated heterocycles. The highest BCUT2D eigenvalue weighted by molar-refractivity contribution is 7.89. The molecule has 0 radical (unpaired) electrons. The molecule has 1 fully saturated rings. The Morgan fingerprint density at radius 3 is 2.32 bits per heavy atom. The lowest BCUT2D eigenvalue weighted by molar-refractivity contribution is 0.102. The fourth-order valence-corrected chi connectivity index (χ4v) is 4.55. The van der Waals surface area contributed by atoms with Crippen molar-refractivity contribution in [2.75, 3.05) is 18.4 Å². The molecule has 0 saturated carbocycles. The van der Waals surface area contributed by atoms with Gasteiger partial charge in [-0.15, -0.1) is 5.10 Å². The van der Waals surface area contributed by atoms with Crippen molar-refractivity contribution in [3.8, 4) is 5.69 Å². The molecule has 28 heavy (non-hydrogen) atoms. The number of nitrogens with one attached hydrogen (secondary N) is 1. The number of sulfonamides is 1. The normalized spacial score (nSPS) is 14.9. The van der Waals surface area contributed by atoms with Gasteiger partial charge in [-0.25, -0.2) is 8.42 Å². The third-order valence-electron chi connectivity index (χ3n) is 4.53. The lowest BCUT2D eigenvalue weighted by Gasteiger charge is -2.15. The van der Waals surface area contributed by atoms with Crippen LogP contribution in [0.3, 0.4) is 0 Å². The first-order chi connectivity index (χ1) is 13.5. The molecule has 9 heteroatoms. The summed E-state index contributed by atoms with van der Waals surface area (Å²) in [5, 5.41) is 11.0. The van der Waals surface area contributed by atoms with E-state index in [0.717, 1.165) is 18.5 Å². The first kappa shape index (κ1) is 18.3. The van der Waals surface area contributed by atoms with Gasteiger partial charge in [0.15, 0.2) is 5.69 Å². The van der Waals surface area contributed by atoms with E-state index >= 15 is 0 Å². The van der Waals surface area contributed by atoms with Gasteiger partial charge in [0, 0.05) is 18.8 Å². The number of hydrogen-bond acceptors (Lipinski definition) is 5. The zero-order valence-electron chi connectivity index (χ0n) is 15.0. The van der Waals surface area contributed by atoms with Gasteiger partial charge in [0.05, 0.1) is 16.8 Å². The summed E-state index contributed by atoms with van der Waals surface area (Å²) in [5.41, 5.74) is 1.40. The Kier molecular flexibility index (Phi) is 4.93. The van der Waals surface area contributed by atoms with Gasteiger partial charge in [-0.1, -0.05) is 18.2 Å². The molecule has 3 aromatic rings. The zero-order valence-corrected chi connectivity index (χ0v) is 15.8. The van der Waals surface area contributed by atoms with Gasteiger partial charge in [-0.05, 0) is 49.2 Å². The van der Waals surface area contributed by atoms with E-state index in [0.29, 0.717) is 18.8 Å². The van der Waals surface area contributed by atoms with Gasteiger partial charge >= 0.3 is 0 Å². The SMILES string of the molecule is O=C(Nc1ccc(S(=O)(=O)N2CCCC2)cc1)c1cnn(-c2ccccc2)n1. The van der Waals surface area contributed by atoms with E-state index in [2.05, 4.69) is 15.5 Å². The third kappa shape index (κ3) is 3.67. The van der Waals surface area contributed by atoms with Gasteiger partial charge in [0.1, 0.15) is 0 Å². The van der Waals surface area contributed by atoms with Crippen molar-refractivity contribution in [2.45, 2.75) is 17.7 Å². The molecule has 1 N–H and O–H groups in total. The van der Waals surface area contributed by atoms with E-state index in [1.165, 1.54) is 27.4 Å². The molecule has 0 aliphatic carbocycles. The van der Waals surface area contributed by atoms with Crippen molar-refractivity contribution in [2.24, 2.45) is 0 Å². The Hall–Kier alpha value is -3.04. The summed E-state index contributed by atoms with van der Waals surface area (Å²) in [6.45, 7) is 1.11. The minimum atomic E-state index is -3.47. The Balaban J connectivity index is 1.46. The quantitative estimate of drug-likeness (QED) is 0.712.